The van der Waals surface area contributed by atoms with E-state index < -0.39 is 5.60 Å². The zero-order valence-corrected chi connectivity index (χ0v) is 18.3. The average Bonchev–Trinajstić information content (AvgIpc) is 2.76. The van der Waals surface area contributed by atoms with Crippen molar-refractivity contribution in [2.24, 2.45) is 0 Å². The van der Waals surface area contributed by atoms with Gasteiger partial charge in [0, 0.05) is 24.5 Å². The number of nitrogens with zero attached hydrogens (tertiary/aromatic N) is 3. The van der Waals surface area contributed by atoms with Crippen LogP contribution in [0.3, 0.4) is 0 Å². The van der Waals surface area contributed by atoms with Crippen LogP contribution in [0.5, 0.6) is 0 Å². The molecule has 1 aliphatic rings. The van der Waals surface area contributed by atoms with Crippen LogP contribution in [0.2, 0.25) is 5.02 Å². The maximum absolute atomic E-state index is 12.8. The van der Waals surface area contributed by atoms with Crippen molar-refractivity contribution in [2.45, 2.75) is 44.2 Å². The second-order valence-electron chi connectivity index (χ2n) is 8.46. The summed E-state index contributed by atoms with van der Waals surface area (Å²) >= 11 is 5.97. The minimum Gasteiger partial charge on any atom is -0.388 e. The molecule has 6 nitrogen and oxygen atoms in total. The molecule has 162 valence electrons. The van der Waals surface area contributed by atoms with E-state index in [1.807, 2.05) is 35.2 Å². The summed E-state index contributed by atoms with van der Waals surface area (Å²) in [6.07, 6.45) is 2.74. The zero-order chi connectivity index (χ0) is 22.0. The Kier molecular flexibility index (Phi) is 6.12. The van der Waals surface area contributed by atoms with Crippen LogP contribution in [-0.2, 0) is 11.3 Å². The normalized spacial score (nSPS) is 16.9. The third-order valence-corrected chi connectivity index (χ3v) is 6.38. The Hall–Kier alpha value is -2.70. The highest BCUT2D eigenvalue weighted by Gasteiger charge is 2.35. The number of carbonyl (C=O) groups is 1. The van der Waals surface area contributed by atoms with Gasteiger partial charge in [-0.3, -0.25) is 14.2 Å². The van der Waals surface area contributed by atoms with Crippen molar-refractivity contribution in [2.75, 3.05) is 13.1 Å². The minimum atomic E-state index is -1.05. The van der Waals surface area contributed by atoms with E-state index in [0.29, 0.717) is 48.3 Å². The van der Waals surface area contributed by atoms with E-state index in [0.717, 1.165) is 5.56 Å². The van der Waals surface area contributed by atoms with Gasteiger partial charge in [0.2, 0.25) is 5.91 Å². The molecule has 7 heteroatoms. The van der Waals surface area contributed by atoms with Crippen molar-refractivity contribution >= 4 is 28.4 Å². The lowest BCUT2D eigenvalue weighted by molar-refractivity contribution is -0.136. The molecule has 0 spiro atoms. The summed E-state index contributed by atoms with van der Waals surface area (Å²) in [5.41, 5.74) is 0.431. The number of halogens is 1. The number of fused-ring (bicyclic) bond motifs is 1. The maximum atomic E-state index is 12.8. The van der Waals surface area contributed by atoms with Gasteiger partial charge in [-0.15, -0.1) is 0 Å². The van der Waals surface area contributed by atoms with Crippen molar-refractivity contribution in [1.29, 1.82) is 0 Å². The fourth-order valence-electron chi connectivity index (χ4n) is 4.18. The SMILES string of the molecule is CC(CC(=O)N1CCC(O)(Cn2cnc3cc(Cl)ccc3c2=O)CC1)c1ccccc1. The molecule has 4 rings (SSSR count). The van der Waals surface area contributed by atoms with Crippen LogP contribution in [0.25, 0.3) is 10.9 Å². The molecule has 1 aliphatic heterocycles. The smallest absolute Gasteiger partial charge is 0.261 e. The molecule has 0 saturated carbocycles. The highest BCUT2D eigenvalue weighted by molar-refractivity contribution is 6.31. The van der Waals surface area contributed by atoms with Gasteiger partial charge >= 0.3 is 0 Å². The number of benzene rings is 2. The summed E-state index contributed by atoms with van der Waals surface area (Å²) in [6, 6.07) is 15.0. The number of carbonyl (C=O) groups excluding carboxylic acids is 1. The van der Waals surface area contributed by atoms with Crippen LogP contribution in [-0.4, -0.2) is 44.2 Å². The summed E-state index contributed by atoms with van der Waals surface area (Å²) in [4.78, 5) is 31.7. The fraction of sp³-hybridized carbons (Fsp3) is 0.375. The van der Waals surface area contributed by atoms with Gasteiger partial charge in [0.25, 0.3) is 5.56 Å². The molecule has 1 fully saturated rings. The van der Waals surface area contributed by atoms with Crippen molar-refractivity contribution < 1.29 is 9.90 Å². The van der Waals surface area contributed by atoms with E-state index >= 15 is 0 Å². The molecule has 1 amide bonds. The molecule has 31 heavy (non-hydrogen) atoms. The van der Waals surface area contributed by atoms with Crippen molar-refractivity contribution in [1.82, 2.24) is 14.5 Å². The highest BCUT2D eigenvalue weighted by atomic mass is 35.5. The average molecular weight is 440 g/mol. The number of aliphatic hydroxyl groups is 1. The standard InChI is InChI=1S/C24H26ClN3O3/c1-17(18-5-3-2-4-6-18)13-22(29)27-11-9-24(31,10-12-27)15-28-16-26-21-14-19(25)7-8-20(21)23(28)30/h2-8,14,16-17,31H,9-13,15H2,1H3. The fourth-order valence-corrected chi connectivity index (χ4v) is 4.35. The van der Waals surface area contributed by atoms with Crippen molar-refractivity contribution in [3.8, 4) is 0 Å². The third kappa shape index (κ3) is 4.81. The molecule has 1 atom stereocenters. The van der Waals surface area contributed by atoms with Gasteiger partial charge in [-0.1, -0.05) is 48.9 Å². The predicted octanol–water partition coefficient (Wildman–Crippen LogP) is 3.60. The van der Waals surface area contributed by atoms with Gasteiger partial charge in [-0.05, 0) is 42.5 Å². The Morgan fingerprint density at radius 3 is 2.61 bits per heavy atom. The quantitative estimate of drug-likeness (QED) is 0.659. The molecule has 2 heterocycles. The van der Waals surface area contributed by atoms with Gasteiger partial charge < -0.3 is 10.0 Å². The van der Waals surface area contributed by atoms with Crippen LogP contribution < -0.4 is 5.56 Å². The highest BCUT2D eigenvalue weighted by Crippen LogP contribution is 2.26. The molecular formula is C24H26ClN3O3. The van der Waals surface area contributed by atoms with Gasteiger partial charge in [0.15, 0.2) is 0 Å². The number of hydrogen-bond acceptors (Lipinski definition) is 4. The number of rotatable bonds is 5. The van der Waals surface area contributed by atoms with E-state index in [2.05, 4.69) is 11.9 Å². The van der Waals surface area contributed by atoms with E-state index in [1.54, 1.807) is 18.2 Å². The Balaban J connectivity index is 1.39. The molecule has 3 aromatic rings. The Labute approximate surface area is 186 Å². The largest absolute Gasteiger partial charge is 0.388 e. The van der Waals surface area contributed by atoms with Crippen LogP contribution in [0.15, 0.2) is 59.7 Å². The second kappa shape index (κ2) is 8.81. The zero-order valence-electron chi connectivity index (χ0n) is 17.5. The van der Waals surface area contributed by atoms with Crippen LogP contribution >= 0.6 is 11.6 Å². The number of hydrogen-bond donors (Lipinski definition) is 1. The lowest BCUT2D eigenvalue weighted by atomic mass is 9.90. The number of likely N-dealkylation sites (tertiary alicyclic amines) is 1. The maximum Gasteiger partial charge on any atom is 0.261 e. The molecule has 0 radical (unpaired) electrons. The molecule has 1 saturated heterocycles. The summed E-state index contributed by atoms with van der Waals surface area (Å²) in [7, 11) is 0. The van der Waals surface area contributed by atoms with E-state index in [9.17, 15) is 14.7 Å². The summed E-state index contributed by atoms with van der Waals surface area (Å²) in [5.74, 6) is 0.241. The van der Waals surface area contributed by atoms with Crippen molar-refractivity contribution in [3.63, 3.8) is 0 Å². The minimum absolute atomic E-state index is 0.0971. The molecule has 1 aromatic heterocycles. The topological polar surface area (TPSA) is 75.4 Å². The van der Waals surface area contributed by atoms with E-state index in [1.165, 1.54) is 10.9 Å². The second-order valence-corrected chi connectivity index (χ2v) is 8.90. The summed E-state index contributed by atoms with van der Waals surface area (Å²) < 4.78 is 1.45. The Morgan fingerprint density at radius 2 is 1.90 bits per heavy atom. The number of aromatic nitrogens is 2. The number of piperidine rings is 1. The first kappa shape index (κ1) is 21.5. The molecule has 1 N–H and O–H groups in total. The lowest BCUT2D eigenvalue weighted by Gasteiger charge is -2.38. The molecule has 0 bridgehead atoms. The van der Waals surface area contributed by atoms with Crippen LogP contribution in [0.4, 0.5) is 0 Å². The molecule has 0 aliphatic carbocycles. The Morgan fingerprint density at radius 1 is 1.19 bits per heavy atom. The van der Waals surface area contributed by atoms with Crippen LogP contribution in [0.1, 0.15) is 37.7 Å². The van der Waals surface area contributed by atoms with E-state index in [4.69, 9.17) is 11.6 Å². The lowest BCUT2D eigenvalue weighted by Crippen LogP contribution is -2.49. The first-order valence-electron chi connectivity index (χ1n) is 10.5. The summed E-state index contributed by atoms with van der Waals surface area (Å²) in [5, 5.41) is 12.1. The predicted molar refractivity (Wildman–Crippen MR) is 121 cm³/mol. The van der Waals surface area contributed by atoms with Crippen LogP contribution in [0, 0.1) is 0 Å². The first-order chi connectivity index (χ1) is 14.8. The third-order valence-electron chi connectivity index (χ3n) is 6.15. The van der Waals surface area contributed by atoms with Gasteiger partial charge in [-0.2, -0.15) is 0 Å². The van der Waals surface area contributed by atoms with Gasteiger partial charge in [0.1, 0.15) is 0 Å². The number of amides is 1. The molecular weight excluding hydrogens is 414 g/mol. The first-order valence-corrected chi connectivity index (χ1v) is 10.9. The Bertz CT molecular complexity index is 1140. The van der Waals surface area contributed by atoms with Gasteiger partial charge in [-0.25, -0.2) is 4.98 Å². The summed E-state index contributed by atoms with van der Waals surface area (Å²) in [6.45, 7) is 3.16. The molecule has 1 unspecified atom stereocenters. The van der Waals surface area contributed by atoms with E-state index in [-0.39, 0.29) is 23.9 Å². The monoisotopic (exact) mass is 439 g/mol. The van der Waals surface area contributed by atoms with Crippen molar-refractivity contribution in [3.05, 3.63) is 75.8 Å². The van der Waals surface area contributed by atoms with Gasteiger partial charge in [0.05, 0.1) is 29.4 Å². The molecule has 2 aromatic carbocycles.